The Morgan fingerprint density at radius 3 is 0.955 bits per heavy atom. The van der Waals surface area contributed by atoms with E-state index in [0.717, 1.165) is 42.1 Å². The van der Waals surface area contributed by atoms with Crippen molar-refractivity contribution in [2.45, 2.75) is 197 Å². The van der Waals surface area contributed by atoms with Gasteiger partial charge in [0.15, 0.2) is 24.4 Å². The molecule has 22 nitrogen and oxygen atoms in total. The van der Waals surface area contributed by atoms with Crippen molar-refractivity contribution in [3.63, 3.8) is 0 Å². The Bertz CT molecular complexity index is 2790. The van der Waals surface area contributed by atoms with Gasteiger partial charge in [0, 0.05) is 53.2 Å². The molecule has 0 bridgehead atoms. The molecule has 2 aromatic heterocycles. The van der Waals surface area contributed by atoms with Crippen LogP contribution >= 0.6 is 0 Å². The lowest BCUT2D eigenvalue weighted by atomic mass is 9.99. The Morgan fingerprint density at radius 2 is 0.682 bits per heavy atom. The van der Waals surface area contributed by atoms with Crippen LogP contribution in [-0.4, -0.2) is 177 Å². The number of nitrogens with zero attached hydrogens (tertiary/aromatic N) is 8. The van der Waals surface area contributed by atoms with Gasteiger partial charge < -0.3 is 48.0 Å². The summed E-state index contributed by atoms with van der Waals surface area (Å²) in [5.74, 6) is -6.37. The first-order valence-electron chi connectivity index (χ1n) is 30.8. The molecule has 1 aliphatic heterocycles. The van der Waals surface area contributed by atoms with Gasteiger partial charge in [-0.25, -0.2) is 28.5 Å². The Kier molecular flexibility index (Phi) is 26.2. The number of likely N-dealkylation sites (N-methyl/N-ethyl adjacent to an activating group) is 4. The SMILES string of the molecule is CCOc1cc(C)nn1Cc1ccc(C[C@H]2OC(=O)[C@H](CC(C)C)N(C)C(=O)[C@@H](C)OC(=O)[C@H](CC(C)C)N(C)C(=O)[C@@H](Cc3ccc(Cn4nc(C)cc4OCC)cc3)OC(=O)[C@H](CC(C)C)N(C)C(=O)[C@@H](C)OC(=O)[C@H](CC(C)C)N(C)C2=O)cc1. The summed E-state index contributed by atoms with van der Waals surface area (Å²) >= 11 is 0. The van der Waals surface area contributed by atoms with E-state index in [2.05, 4.69) is 10.2 Å². The van der Waals surface area contributed by atoms with Crippen molar-refractivity contribution in [1.29, 1.82) is 0 Å². The molecule has 0 unspecified atom stereocenters. The van der Waals surface area contributed by atoms with E-state index in [0.29, 0.717) is 49.2 Å². The van der Waals surface area contributed by atoms with Crippen molar-refractivity contribution in [3.05, 3.63) is 94.3 Å². The standard InChI is InChI=1S/C66H96N8O14/c1-19-83-57-33-43(11)67-73(57)37-49-25-21-47(22-26-49)35-55-61(77)71(17)51(29-39(3)4)63(79)85-46(14)60(76)70(16)54(32-42(9)10)66(82)88-56(36-48-23-27-50(28-24-48)38-74-58(84-20-2)34-44(12)68-74)62(78)72(18)52(30-40(5)6)64(80)86-45(13)59(75)69(15)53(31-41(7)8)65(81)87-55/h21-28,33-34,39-42,45-46,51-56H,19-20,29-32,35-38H2,1-18H3/t45-,46-,51+,52+,53+,54+,55-,56-/m1/s1. The number of cyclic esters (lactones) is 4. The number of carbonyl (C=O) groups is 8. The third-order valence-electron chi connectivity index (χ3n) is 15.3. The first-order valence-corrected chi connectivity index (χ1v) is 30.8. The van der Waals surface area contributed by atoms with Gasteiger partial charge in [0.2, 0.25) is 11.8 Å². The van der Waals surface area contributed by atoms with Crippen molar-refractivity contribution >= 4 is 47.5 Å². The number of aryl methyl sites for hydroxylation is 2. The van der Waals surface area contributed by atoms with Crippen molar-refractivity contribution in [2.24, 2.45) is 23.7 Å². The van der Waals surface area contributed by atoms with Crippen LogP contribution in [0.15, 0.2) is 60.7 Å². The van der Waals surface area contributed by atoms with E-state index in [9.17, 15) is 28.8 Å². The number of rotatable bonds is 20. The highest BCUT2D eigenvalue weighted by molar-refractivity contribution is 5.94. The summed E-state index contributed by atoms with van der Waals surface area (Å²) in [5.41, 5.74) is 4.48. The maximum Gasteiger partial charge on any atom is 0.329 e. The van der Waals surface area contributed by atoms with Gasteiger partial charge in [-0.05, 0) is 113 Å². The van der Waals surface area contributed by atoms with Crippen LogP contribution in [0.3, 0.4) is 0 Å². The number of esters is 4. The van der Waals surface area contributed by atoms with Crippen molar-refractivity contribution in [1.82, 2.24) is 39.2 Å². The summed E-state index contributed by atoms with van der Waals surface area (Å²) in [7, 11) is 5.56. The zero-order valence-corrected chi connectivity index (χ0v) is 55.1. The number of hydrogen-bond donors (Lipinski definition) is 0. The van der Waals surface area contributed by atoms with Crippen molar-refractivity contribution in [2.75, 3.05) is 41.4 Å². The minimum absolute atomic E-state index is 0.0689. The molecule has 0 aliphatic carbocycles. The fourth-order valence-electron chi connectivity index (χ4n) is 10.6. The van der Waals surface area contributed by atoms with Crippen molar-refractivity contribution < 1.29 is 66.8 Å². The molecular weight excluding hydrogens is 1130 g/mol. The van der Waals surface area contributed by atoms with Crippen LogP contribution in [0.1, 0.15) is 142 Å². The Labute approximate surface area is 519 Å². The average Bonchev–Trinajstić information content (AvgIpc) is 3.99. The summed E-state index contributed by atoms with van der Waals surface area (Å²) in [4.78, 5) is 123. The molecule has 2 aromatic carbocycles. The minimum atomic E-state index is -1.56. The molecule has 0 radical (unpaired) electrons. The van der Waals surface area contributed by atoms with Crippen LogP contribution in [0.25, 0.3) is 0 Å². The molecule has 4 aromatic rings. The van der Waals surface area contributed by atoms with Gasteiger partial charge in [0.1, 0.15) is 24.2 Å². The predicted molar refractivity (Wildman–Crippen MR) is 330 cm³/mol. The largest absolute Gasteiger partial charge is 0.478 e. The first kappa shape index (κ1) is 71.0. The van der Waals surface area contributed by atoms with Crippen LogP contribution in [0, 0.1) is 37.5 Å². The number of hydrogen-bond acceptors (Lipinski definition) is 16. The van der Waals surface area contributed by atoms with Crippen LogP contribution < -0.4 is 9.47 Å². The van der Waals surface area contributed by atoms with Crippen LogP contribution in [-0.2, 0) is 83.2 Å². The monoisotopic (exact) mass is 1220 g/mol. The summed E-state index contributed by atoms with van der Waals surface area (Å²) in [5, 5.41) is 9.14. The third-order valence-corrected chi connectivity index (χ3v) is 15.3. The molecule has 22 heteroatoms. The topological polar surface area (TPSA) is 241 Å². The van der Waals surface area contributed by atoms with Gasteiger partial charge in [-0.1, -0.05) is 104 Å². The Morgan fingerprint density at radius 1 is 0.420 bits per heavy atom. The van der Waals surface area contributed by atoms with E-state index in [1.807, 2.05) is 119 Å². The molecule has 0 saturated carbocycles. The van der Waals surface area contributed by atoms with E-state index in [1.165, 1.54) is 42.0 Å². The summed E-state index contributed by atoms with van der Waals surface area (Å²) in [6.45, 7) is 26.7. The lowest BCUT2D eigenvalue weighted by Crippen LogP contribution is -2.55. The second kappa shape index (κ2) is 32.4. The minimum Gasteiger partial charge on any atom is -0.478 e. The fourth-order valence-corrected chi connectivity index (χ4v) is 10.6. The summed E-state index contributed by atoms with van der Waals surface area (Å²) in [6, 6.07) is 13.1. The first-order chi connectivity index (χ1) is 41.4. The third kappa shape index (κ3) is 19.6. The molecule has 3 heterocycles. The molecule has 88 heavy (non-hydrogen) atoms. The highest BCUT2D eigenvalue weighted by Gasteiger charge is 2.43. The van der Waals surface area contributed by atoms with Gasteiger partial charge in [-0.2, -0.15) is 10.2 Å². The van der Waals surface area contributed by atoms with E-state index in [-0.39, 0.29) is 62.2 Å². The molecule has 0 N–H and O–H groups in total. The zero-order valence-electron chi connectivity index (χ0n) is 55.1. The molecule has 5 rings (SSSR count). The summed E-state index contributed by atoms with van der Waals surface area (Å²) in [6.07, 6.45) is -6.16. The fraction of sp³-hybridized carbons (Fsp3) is 0.606. The lowest BCUT2D eigenvalue weighted by Gasteiger charge is -2.35. The highest BCUT2D eigenvalue weighted by atomic mass is 16.6. The average molecular weight is 1230 g/mol. The van der Waals surface area contributed by atoms with Gasteiger partial charge in [0.05, 0.1) is 37.7 Å². The second-order valence-corrected chi connectivity index (χ2v) is 24.9. The molecule has 1 aliphatic rings. The number of carbonyl (C=O) groups excluding carboxylic acids is 8. The van der Waals surface area contributed by atoms with E-state index >= 15 is 9.59 Å². The normalized spacial score (nSPS) is 22.2. The molecule has 1 saturated heterocycles. The smallest absolute Gasteiger partial charge is 0.329 e. The number of benzene rings is 2. The summed E-state index contributed by atoms with van der Waals surface area (Å²) < 4.78 is 39.4. The van der Waals surface area contributed by atoms with Gasteiger partial charge in [0.25, 0.3) is 23.6 Å². The molecule has 484 valence electrons. The Hall–Kier alpha value is -7.78. The number of ether oxygens (including phenoxy) is 6. The van der Waals surface area contributed by atoms with E-state index in [1.54, 1.807) is 33.6 Å². The maximum atomic E-state index is 15.1. The lowest BCUT2D eigenvalue weighted by molar-refractivity contribution is -0.176. The van der Waals surface area contributed by atoms with Crippen LogP contribution in [0.4, 0.5) is 0 Å². The molecular formula is C66H96N8O14. The zero-order chi connectivity index (χ0) is 65.4. The maximum absolute atomic E-state index is 15.1. The second-order valence-electron chi connectivity index (χ2n) is 24.9. The quantitative estimate of drug-likeness (QED) is 0.0612. The van der Waals surface area contributed by atoms with Gasteiger partial charge in [-0.15, -0.1) is 0 Å². The van der Waals surface area contributed by atoms with Crippen LogP contribution in [0.2, 0.25) is 0 Å². The number of aromatic nitrogens is 4. The molecule has 1 fully saturated rings. The molecule has 8 atom stereocenters. The highest BCUT2D eigenvalue weighted by Crippen LogP contribution is 2.26. The Balaban J connectivity index is 1.59. The number of amides is 4. The van der Waals surface area contributed by atoms with Gasteiger partial charge >= 0.3 is 23.9 Å². The van der Waals surface area contributed by atoms with Crippen LogP contribution in [0.5, 0.6) is 11.8 Å². The predicted octanol–water partition coefficient (Wildman–Crippen LogP) is 7.57. The van der Waals surface area contributed by atoms with Gasteiger partial charge in [-0.3, -0.25) is 19.2 Å². The molecule has 4 amide bonds. The van der Waals surface area contributed by atoms with Crippen molar-refractivity contribution in [3.8, 4) is 11.8 Å². The van der Waals surface area contributed by atoms with E-state index < -0.39 is 96.1 Å². The van der Waals surface area contributed by atoms with E-state index in [4.69, 9.17) is 28.4 Å². The molecule has 0 spiro atoms.